The first-order valence-electron chi connectivity index (χ1n) is 17.5. The van der Waals surface area contributed by atoms with Gasteiger partial charge in [-0.25, -0.2) is 0 Å². The van der Waals surface area contributed by atoms with E-state index in [1.54, 1.807) is 0 Å². The van der Waals surface area contributed by atoms with Gasteiger partial charge in [-0.05, 0) is 75.5 Å². The van der Waals surface area contributed by atoms with Gasteiger partial charge >= 0.3 is 0 Å². The van der Waals surface area contributed by atoms with Crippen LogP contribution in [0.4, 0.5) is 0 Å². The van der Waals surface area contributed by atoms with Crippen LogP contribution in [0.2, 0.25) is 0 Å². The number of H-pyrrole nitrogens is 1. The van der Waals surface area contributed by atoms with E-state index in [0.717, 1.165) is 61.9 Å². The molecule has 0 radical (unpaired) electrons. The van der Waals surface area contributed by atoms with Gasteiger partial charge in [0.15, 0.2) is 0 Å². The average Bonchev–Trinajstić information content (AvgIpc) is 3.74. The van der Waals surface area contributed by atoms with Crippen molar-refractivity contribution in [2.45, 2.75) is 115 Å². The first-order valence-corrected chi connectivity index (χ1v) is 17.5. The van der Waals surface area contributed by atoms with Crippen molar-refractivity contribution in [3.8, 4) is 0 Å². The van der Waals surface area contributed by atoms with E-state index in [1.165, 1.54) is 57.8 Å². The number of nitrogens with zero attached hydrogens (tertiary/aromatic N) is 2. The number of fused-ring (bicyclic) bond motifs is 1. The van der Waals surface area contributed by atoms with E-state index in [0.29, 0.717) is 35.8 Å². The molecule has 7 nitrogen and oxygen atoms in total. The molecule has 2 amide bonds. The number of aryl methyl sites for hydroxylation is 1. The van der Waals surface area contributed by atoms with Crippen molar-refractivity contribution >= 4 is 22.7 Å². The maximum atomic E-state index is 13.8. The van der Waals surface area contributed by atoms with E-state index in [1.807, 2.05) is 6.07 Å². The summed E-state index contributed by atoms with van der Waals surface area (Å²) in [4.78, 5) is 35.4. The third kappa shape index (κ3) is 6.98. The lowest BCUT2D eigenvalue weighted by Crippen LogP contribution is -2.67. The Balaban J connectivity index is 1.23. The number of aromatic amines is 1. The van der Waals surface area contributed by atoms with Crippen LogP contribution in [0.5, 0.6) is 0 Å². The van der Waals surface area contributed by atoms with Gasteiger partial charge in [-0.15, -0.1) is 0 Å². The van der Waals surface area contributed by atoms with Gasteiger partial charge in [0.25, 0.3) is 5.91 Å². The quantitative estimate of drug-likeness (QED) is 0.385. The van der Waals surface area contributed by atoms with Crippen molar-refractivity contribution in [2.24, 2.45) is 17.8 Å². The highest BCUT2D eigenvalue weighted by molar-refractivity contribution is 5.98. The maximum absolute atomic E-state index is 13.8. The molecular formula is C36H55N5O2. The summed E-state index contributed by atoms with van der Waals surface area (Å²) in [5.41, 5.74) is 2.83. The molecule has 2 aliphatic heterocycles. The number of carbonyl (C=O) groups excluding carboxylic acids is 2. The van der Waals surface area contributed by atoms with Crippen molar-refractivity contribution in [2.75, 3.05) is 33.2 Å². The van der Waals surface area contributed by atoms with Crippen LogP contribution in [0.3, 0.4) is 0 Å². The van der Waals surface area contributed by atoms with Crippen LogP contribution >= 0.6 is 0 Å². The molecule has 1 spiro atoms. The summed E-state index contributed by atoms with van der Waals surface area (Å²) < 4.78 is 0. The fourth-order valence-corrected chi connectivity index (χ4v) is 8.59. The number of para-hydroxylation sites is 1. The molecule has 2 saturated carbocycles. The highest BCUT2D eigenvalue weighted by atomic mass is 16.2. The molecule has 2 aliphatic carbocycles. The number of amides is 2. The van der Waals surface area contributed by atoms with E-state index < -0.39 is 0 Å². The second-order valence-electron chi connectivity index (χ2n) is 14.7. The molecule has 4 unspecified atom stereocenters. The molecule has 3 heterocycles. The number of rotatable bonds is 6. The SMILES string of the molecule is Cc1cccc2cc(C(=O)NC(C3CC3)C3NC4(CCCCCCCCC4)C(CC(=O)N4CCN(C)CC4)CC3C)[nH]c12. The Bertz CT molecular complexity index is 1250. The van der Waals surface area contributed by atoms with E-state index in [4.69, 9.17) is 0 Å². The number of piperazine rings is 1. The minimum absolute atomic E-state index is 0.00821. The zero-order valence-corrected chi connectivity index (χ0v) is 26.9. The highest BCUT2D eigenvalue weighted by Crippen LogP contribution is 2.45. The van der Waals surface area contributed by atoms with E-state index in [2.05, 4.69) is 64.5 Å². The summed E-state index contributed by atoms with van der Waals surface area (Å²) in [5, 5.41) is 8.95. The van der Waals surface area contributed by atoms with Crippen molar-refractivity contribution in [1.29, 1.82) is 0 Å². The predicted octanol–water partition coefficient (Wildman–Crippen LogP) is 6.03. The largest absolute Gasteiger partial charge is 0.350 e. The summed E-state index contributed by atoms with van der Waals surface area (Å²) >= 11 is 0. The first-order chi connectivity index (χ1) is 20.8. The average molecular weight is 590 g/mol. The Morgan fingerprint density at radius 3 is 2.33 bits per heavy atom. The number of benzene rings is 1. The molecule has 2 saturated heterocycles. The molecular weight excluding hydrogens is 534 g/mol. The number of likely N-dealkylation sites (N-methyl/N-ethyl adjacent to an activating group) is 1. The summed E-state index contributed by atoms with van der Waals surface area (Å²) in [6, 6.07) is 8.55. The second-order valence-corrected chi connectivity index (χ2v) is 14.7. The zero-order valence-electron chi connectivity index (χ0n) is 26.9. The molecule has 6 rings (SSSR count). The Hall–Kier alpha value is -2.38. The first kappa shape index (κ1) is 30.6. The molecule has 2 aromatic rings. The van der Waals surface area contributed by atoms with Crippen LogP contribution < -0.4 is 10.6 Å². The number of hydrogen-bond donors (Lipinski definition) is 3. The van der Waals surface area contributed by atoms with Gasteiger partial charge < -0.3 is 25.4 Å². The molecule has 236 valence electrons. The van der Waals surface area contributed by atoms with E-state index >= 15 is 0 Å². The third-order valence-electron chi connectivity index (χ3n) is 11.5. The van der Waals surface area contributed by atoms with Gasteiger partial charge in [-0.3, -0.25) is 9.59 Å². The number of carbonyl (C=O) groups is 2. The van der Waals surface area contributed by atoms with E-state index in [9.17, 15) is 9.59 Å². The van der Waals surface area contributed by atoms with Gasteiger partial charge in [-0.2, -0.15) is 0 Å². The molecule has 1 aromatic heterocycles. The lowest BCUT2D eigenvalue weighted by molar-refractivity contribution is -0.135. The Morgan fingerprint density at radius 2 is 1.67 bits per heavy atom. The standard InChI is InChI=1S/C36H55N5O2/c1-25-12-11-13-28-23-30(37-32(25)28)35(43)38-34(27-14-15-27)33-26(2)22-29(24-31(42)41-20-18-40(3)19-21-41)36(39-33)16-9-7-5-4-6-8-10-17-36/h11-13,23,26-27,29,33-34,37,39H,4-10,14-22,24H2,1-3H3,(H,38,43). The van der Waals surface area contributed by atoms with Crippen molar-refractivity contribution in [3.63, 3.8) is 0 Å². The zero-order chi connectivity index (χ0) is 30.0. The Labute approximate surface area is 258 Å². The van der Waals surface area contributed by atoms with Crippen LogP contribution in [0.1, 0.15) is 106 Å². The van der Waals surface area contributed by atoms with Crippen LogP contribution in [0.25, 0.3) is 10.9 Å². The van der Waals surface area contributed by atoms with Crippen LogP contribution in [-0.4, -0.2) is 77.4 Å². The lowest BCUT2D eigenvalue weighted by Gasteiger charge is -2.53. The Morgan fingerprint density at radius 1 is 1.00 bits per heavy atom. The van der Waals surface area contributed by atoms with Gasteiger partial charge in [0.05, 0.1) is 0 Å². The number of piperidine rings is 1. The summed E-state index contributed by atoms with van der Waals surface area (Å²) in [5.74, 6) is 1.62. The minimum atomic E-state index is -0.0349. The topological polar surface area (TPSA) is 80.5 Å². The lowest BCUT2D eigenvalue weighted by atomic mass is 9.65. The molecule has 0 bridgehead atoms. The predicted molar refractivity (Wildman–Crippen MR) is 174 cm³/mol. The number of hydrogen-bond acceptors (Lipinski definition) is 4. The van der Waals surface area contributed by atoms with Crippen LogP contribution in [0.15, 0.2) is 24.3 Å². The molecule has 7 heteroatoms. The van der Waals surface area contributed by atoms with Crippen LogP contribution in [0, 0.1) is 24.7 Å². The van der Waals surface area contributed by atoms with Gasteiger partial charge in [0, 0.05) is 61.1 Å². The molecule has 43 heavy (non-hydrogen) atoms. The van der Waals surface area contributed by atoms with Crippen molar-refractivity contribution < 1.29 is 9.59 Å². The maximum Gasteiger partial charge on any atom is 0.268 e. The summed E-state index contributed by atoms with van der Waals surface area (Å²) in [6.45, 7) is 8.10. The van der Waals surface area contributed by atoms with Crippen molar-refractivity contribution in [3.05, 3.63) is 35.5 Å². The fourth-order valence-electron chi connectivity index (χ4n) is 8.59. The second kappa shape index (κ2) is 13.3. The molecule has 4 fully saturated rings. The number of nitrogens with one attached hydrogen (secondary N) is 3. The normalized spacial score (nSPS) is 28.1. The number of aromatic nitrogens is 1. The Kier molecular flexibility index (Phi) is 9.49. The molecule has 3 N–H and O–H groups in total. The van der Waals surface area contributed by atoms with Gasteiger partial charge in [0.1, 0.15) is 5.69 Å². The summed E-state index contributed by atoms with van der Waals surface area (Å²) in [7, 11) is 2.15. The summed E-state index contributed by atoms with van der Waals surface area (Å²) in [6.07, 6.45) is 15.4. The minimum Gasteiger partial charge on any atom is -0.350 e. The third-order valence-corrected chi connectivity index (χ3v) is 11.5. The molecule has 1 aromatic carbocycles. The molecule has 4 aliphatic rings. The van der Waals surface area contributed by atoms with Crippen molar-refractivity contribution in [1.82, 2.24) is 25.4 Å². The van der Waals surface area contributed by atoms with Crippen LogP contribution in [-0.2, 0) is 4.79 Å². The monoisotopic (exact) mass is 589 g/mol. The van der Waals surface area contributed by atoms with Gasteiger partial charge in [0.2, 0.25) is 5.91 Å². The molecule has 4 atom stereocenters. The smallest absolute Gasteiger partial charge is 0.268 e. The fraction of sp³-hybridized carbons (Fsp3) is 0.722. The van der Waals surface area contributed by atoms with Gasteiger partial charge in [-0.1, -0.05) is 70.1 Å². The van der Waals surface area contributed by atoms with E-state index in [-0.39, 0.29) is 23.5 Å². The highest BCUT2D eigenvalue weighted by Gasteiger charge is 2.51.